The van der Waals surface area contributed by atoms with E-state index in [9.17, 15) is 18.0 Å². The van der Waals surface area contributed by atoms with E-state index in [-0.39, 0.29) is 18.7 Å². The van der Waals surface area contributed by atoms with Gasteiger partial charge in [0.25, 0.3) is 0 Å². The van der Waals surface area contributed by atoms with Gasteiger partial charge in [-0.3, -0.25) is 4.79 Å². The van der Waals surface area contributed by atoms with Crippen LogP contribution in [0.25, 0.3) is 5.69 Å². The minimum Gasteiger partial charge on any atom is -0.469 e. The summed E-state index contributed by atoms with van der Waals surface area (Å²) in [6.07, 6.45) is -0.762. The number of halogens is 5. The number of methoxy groups -OCH3 is 1. The minimum absolute atomic E-state index is 0.119. The van der Waals surface area contributed by atoms with Crippen LogP contribution in [0.4, 0.5) is 13.2 Å². The van der Waals surface area contributed by atoms with E-state index in [1.165, 1.54) is 19.2 Å². The number of rotatable bonds is 4. The number of benzene rings is 1. The first kappa shape index (κ1) is 20.4. The number of ether oxygens (including phenoxy) is 1. The Morgan fingerprint density at radius 3 is 2.63 bits per heavy atom. The van der Waals surface area contributed by atoms with Crippen LogP contribution in [0.2, 0.25) is 0 Å². The fraction of sp³-hybridized carbons (Fsp3) is 0.444. The lowest BCUT2D eigenvalue weighted by Gasteiger charge is -2.33. The molecule has 0 amide bonds. The third kappa shape index (κ3) is 4.08. The Morgan fingerprint density at radius 2 is 2.04 bits per heavy atom. The summed E-state index contributed by atoms with van der Waals surface area (Å²) < 4.78 is 48.1. The highest BCUT2D eigenvalue weighted by Gasteiger charge is 2.47. The zero-order chi connectivity index (χ0) is 19.8. The summed E-state index contributed by atoms with van der Waals surface area (Å²) in [7, 11) is 1.20. The van der Waals surface area contributed by atoms with Crippen molar-refractivity contribution in [3.05, 3.63) is 45.9 Å². The third-order valence-corrected chi connectivity index (χ3v) is 6.21. The number of aromatic nitrogens is 2. The van der Waals surface area contributed by atoms with Gasteiger partial charge in [0, 0.05) is 24.1 Å². The second kappa shape index (κ2) is 7.95. The van der Waals surface area contributed by atoms with Crippen molar-refractivity contribution in [1.82, 2.24) is 9.78 Å². The van der Waals surface area contributed by atoms with Crippen LogP contribution in [0.5, 0.6) is 0 Å². The smallest absolute Gasteiger partial charge is 0.309 e. The molecular formula is C18H17Br2F3N2O2. The molecule has 1 aliphatic rings. The number of hydrogen-bond donors (Lipinski definition) is 0. The van der Waals surface area contributed by atoms with Crippen molar-refractivity contribution in [2.24, 2.45) is 5.92 Å². The first-order chi connectivity index (χ1) is 12.8. The Hall–Kier alpha value is -1.35. The lowest BCUT2D eigenvalue weighted by Crippen LogP contribution is -2.36. The van der Waals surface area contributed by atoms with Crippen LogP contribution in [-0.4, -0.2) is 28.8 Å². The lowest BCUT2D eigenvalue weighted by molar-refractivity contribution is -0.154. The molecule has 1 aliphatic carbocycles. The normalized spacial score (nSPS) is 21.9. The van der Waals surface area contributed by atoms with Gasteiger partial charge in [0.05, 0.1) is 34.6 Å². The Bertz CT molecular complexity index is 840. The van der Waals surface area contributed by atoms with Gasteiger partial charge in [0.15, 0.2) is 0 Å². The van der Waals surface area contributed by atoms with Crippen LogP contribution in [-0.2, 0) is 14.9 Å². The summed E-state index contributed by atoms with van der Waals surface area (Å²) in [5.74, 6) is -5.41. The number of carbonyl (C=O) groups is 1. The Morgan fingerprint density at radius 1 is 1.37 bits per heavy atom. The predicted octanol–water partition coefficient (Wildman–Crippen LogP) is 5.36. The molecule has 1 aromatic heterocycles. The van der Waals surface area contributed by atoms with Gasteiger partial charge in [-0.15, -0.1) is 0 Å². The van der Waals surface area contributed by atoms with Gasteiger partial charge in [-0.1, -0.05) is 15.9 Å². The Kier molecular flexibility index (Phi) is 6.00. The highest BCUT2D eigenvalue weighted by molar-refractivity contribution is 9.10. The fourth-order valence-electron chi connectivity index (χ4n) is 3.46. The number of hydrogen-bond acceptors (Lipinski definition) is 3. The molecule has 1 fully saturated rings. The van der Waals surface area contributed by atoms with E-state index in [1.807, 2.05) is 0 Å². The van der Waals surface area contributed by atoms with Crippen molar-refractivity contribution in [3.63, 3.8) is 0 Å². The average molecular weight is 510 g/mol. The average Bonchev–Trinajstić information content (AvgIpc) is 2.97. The van der Waals surface area contributed by atoms with E-state index in [4.69, 9.17) is 4.74 Å². The maximum atomic E-state index is 13.9. The second-order valence-corrected chi connectivity index (χ2v) is 7.86. The molecule has 146 valence electrons. The molecule has 0 bridgehead atoms. The molecule has 0 spiro atoms. The summed E-state index contributed by atoms with van der Waals surface area (Å²) in [5, 5.41) is 5.02. The van der Waals surface area contributed by atoms with Gasteiger partial charge >= 0.3 is 5.97 Å². The van der Waals surface area contributed by atoms with Crippen molar-refractivity contribution in [2.45, 2.75) is 36.4 Å². The number of esters is 1. The molecule has 0 radical (unpaired) electrons. The van der Waals surface area contributed by atoms with E-state index >= 15 is 0 Å². The van der Waals surface area contributed by atoms with Crippen molar-refractivity contribution >= 4 is 37.8 Å². The summed E-state index contributed by atoms with van der Waals surface area (Å²) >= 11 is 6.92. The van der Waals surface area contributed by atoms with Gasteiger partial charge in [0.2, 0.25) is 5.92 Å². The first-order valence-corrected chi connectivity index (χ1v) is 10.2. The summed E-state index contributed by atoms with van der Waals surface area (Å²) in [6, 6.07) is 5.80. The monoisotopic (exact) mass is 508 g/mol. The zero-order valence-electron chi connectivity index (χ0n) is 14.4. The molecule has 1 saturated carbocycles. The van der Waals surface area contributed by atoms with Gasteiger partial charge in [-0.05, 0) is 46.6 Å². The highest BCUT2D eigenvalue weighted by Crippen LogP contribution is 2.47. The largest absolute Gasteiger partial charge is 0.469 e. The Balaban J connectivity index is 2.05. The topological polar surface area (TPSA) is 44.1 Å². The van der Waals surface area contributed by atoms with Gasteiger partial charge in [-0.2, -0.15) is 5.10 Å². The van der Waals surface area contributed by atoms with E-state index in [2.05, 4.69) is 37.0 Å². The Labute approximate surface area is 171 Å². The molecule has 0 aliphatic heterocycles. The van der Waals surface area contributed by atoms with Crippen LogP contribution in [0, 0.1) is 11.7 Å². The molecule has 3 rings (SSSR count). The lowest BCUT2D eigenvalue weighted by atomic mass is 9.75. The van der Waals surface area contributed by atoms with Crippen molar-refractivity contribution in [1.29, 1.82) is 0 Å². The molecule has 0 saturated heterocycles. The summed E-state index contributed by atoms with van der Waals surface area (Å²) in [4.78, 5) is 12.2. The van der Waals surface area contributed by atoms with Gasteiger partial charge in [0.1, 0.15) is 5.82 Å². The maximum absolute atomic E-state index is 13.9. The number of alkyl halides is 3. The highest BCUT2D eigenvalue weighted by atomic mass is 79.9. The van der Waals surface area contributed by atoms with Crippen LogP contribution >= 0.6 is 31.9 Å². The summed E-state index contributed by atoms with van der Waals surface area (Å²) in [5.41, 5.74) is 1.91. The quantitative estimate of drug-likeness (QED) is 0.411. The second-order valence-electron chi connectivity index (χ2n) is 6.50. The number of nitrogens with zero attached hydrogens (tertiary/aromatic N) is 2. The molecule has 2 atom stereocenters. The first-order valence-electron chi connectivity index (χ1n) is 8.32. The molecule has 9 heteroatoms. The van der Waals surface area contributed by atoms with E-state index in [0.717, 1.165) is 5.69 Å². The van der Waals surface area contributed by atoms with Crippen LogP contribution < -0.4 is 0 Å². The van der Waals surface area contributed by atoms with Crippen molar-refractivity contribution in [2.75, 3.05) is 7.11 Å². The molecule has 0 unspecified atom stereocenters. The zero-order valence-corrected chi connectivity index (χ0v) is 17.6. The molecule has 0 N–H and O–H groups in total. The molecule has 4 nitrogen and oxygen atoms in total. The van der Waals surface area contributed by atoms with Crippen LogP contribution in [0.1, 0.15) is 36.6 Å². The molecule has 2 aromatic rings. The molecule has 1 heterocycles. The van der Waals surface area contributed by atoms with Crippen LogP contribution in [0.3, 0.4) is 0 Å². The van der Waals surface area contributed by atoms with E-state index < -0.39 is 30.1 Å². The summed E-state index contributed by atoms with van der Waals surface area (Å²) in [6.45, 7) is 0. The molecular weight excluding hydrogens is 493 g/mol. The third-order valence-electron chi connectivity index (χ3n) is 4.82. The van der Waals surface area contributed by atoms with Crippen LogP contribution in [0.15, 0.2) is 28.7 Å². The maximum Gasteiger partial charge on any atom is 0.309 e. The van der Waals surface area contributed by atoms with E-state index in [1.54, 1.807) is 16.8 Å². The number of carbonyl (C=O) groups excluding carboxylic acids is 1. The molecule has 27 heavy (non-hydrogen) atoms. The van der Waals surface area contributed by atoms with Gasteiger partial charge in [-0.25, -0.2) is 17.9 Å². The van der Waals surface area contributed by atoms with Crippen molar-refractivity contribution < 1.29 is 22.7 Å². The van der Waals surface area contributed by atoms with Crippen molar-refractivity contribution in [3.8, 4) is 5.69 Å². The SMILES string of the molecule is COC(=O)[C@@H]1CC(F)(F)CC[C@H]1c1nn(-c2ccc(F)cc2)c(CBr)c1Br. The standard InChI is InChI=1S/C18H17Br2F3N2O2/c1-27-17(26)13-8-18(22,23)7-6-12(13)16-15(20)14(9-19)25(24-16)11-4-2-10(21)3-5-11/h2-5,12-13H,6-9H2,1H3/t12-,13-/m1/s1. The van der Waals surface area contributed by atoms with Gasteiger partial charge < -0.3 is 4.74 Å². The minimum atomic E-state index is -2.90. The fourth-order valence-corrected chi connectivity index (χ4v) is 5.04. The van der Waals surface area contributed by atoms with E-state index in [0.29, 0.717) is 21.2 Å². The molecule has 1 aromatic carbocycles. The predicted molar refractivity (Wildman–Crippen MR) is 101 cm³/mol.